The Bertz CT molecular complexity index is 1110. The lowest BCUT2D eigenvalue weighted by Gasteiger charge is -2.25. The monoisotopic (exact) mass is 484 g/mol. The molecule has 0 saturated carbocycles. The molecule has 0 spiro atoms. The molecule has 1 aliphatic heterocycles. The first-order valence-corrected chi connectivity index (χ1v) is 13.1. The molecule has 11 heteroatoms. The van der Waals surface area contributed by atoms with Crippen molar-refractivity contribution >= 4 is 20.0 Å². The number of nitrogens with zero attached hydrogens (tertiary/aromatic N) is 1. The first-order chi connectivity index (χ1) is 15.3. The lowest BCUT2D eigenvalue weighted by atomic mass is 10.2. The highest BCUT2D eigenvalue weighted by molar-refractivity contribution is 7.89. The predicted molar refractivity (Wildman–Crippen MR) is 119 cm³/mol. The molecule has 0 atom stereocenters. The minimum atomic E-state index is -3.85. The van der Waals surface area contributed by atoms with Crippen molar-refractivity contribution in [1.29, 1.82) is 0 Å². The molecule has 1 heterocycles. The molecule has 32 heavy (non-hydrogen) atoms. The van der Waals surface area contributed by atoms with Crippen LogP contribution < -0.4 is 18.9 Å². The van der Waals surface area contributed by atoms with Crippen LogP contribution in [0.5, 0.6) is 17.2 Å². The zero-order valence-corrected chi connectivity index (χ0v) is 19.7. The second-order valence-corrected chi connectivity index (χ2v) is 10.9. The summed E-state index contributed by atoms with van der Waals surface area (Å²) in [5, 5.41) is 0. The molecule has 2 aromatic rings. The van der Waals surface area contributed by atoms with Gasteiger partial charge in [-0.2, -0.15) is 4.31 Å². The summed E-state index contributed by atoms with van der Waals surface area (Å²) >= 11 is 0. The van der Waals surface area contributed by atoms with Gasteiger partial charge in [0.05, 0.1) is 19.1 Å². The lowest BCUT2D eigenvalue weighted by molar-refractivity contribution is 0.322. The summed E-state index contributed by atoms with van der Waals surface area (Å²) < 4.78 is 70.4. The molecule has 2 aromatic carbocycles. The summed E-state index contributed by atoms with van der Waals surface area (Å²) in [6.07, 6.45) is 2.79. The van der Waals surface area contributed by atoms with Crippen LogP contribution in [0.15, 0.2) is 52.3 Å². The van der Waals surface area contributed by atoms with Gasteiger partial charge >= 0.3 is 0 Å². The molecule has 0 unspecified atom stereocenters. The quantitative estimate of drug-likeness (QED) is 0.515. The van der Waals surface area contributed by atoms with Gasteiger partial charge < -0.3 is 14.2 Å². The van der Waals surface area contributed by atoms with E-state index in [0.717, 1.165) is 19.3 Å². The molecule has 1 N–H and O–H groups in total. The van der Waals surface area contributed by atoms with Crippen molar-refractivity contribution in [1.82, 2.24) is 9.03 Å². The summed E-state index contributed by atoms with van der Waals surface area (Å²) in [6.45, 7) is 1.15. The predicted octanol–water partition coefficient (Wildman–Crippen LogP) is 2.24. The van der Waals surface area contributed by atoms with E-state index >= 15 is 0 Å². The van der Waals surface area contributed by atoms with E-state index in [0.29, 0.717) is 24.6 Å². The Morgan fingerprint density at radius 3 is 2.16 bits per heavy atom. The van der Waals surface area contributed by atoms with Gasteiger partial charge in [-0.25, -0.2) is 21.6 Å². The molecule has 0 radical (unpaired) electrons. The van der Waals surface area contributed by atoms with Crippen molar-refractivity contribution in [2.45, 2.75) is 29.1 Å². The fraction of sp³-hybridized carbons (Fsp3) is 0.429. The number of nitrogens with one attached hydrogen (secondary N) is 1. The van der Waals surface area contributed by atoms with Crippen LogP contribution in [0.4, 0.5) is 0 Å². The lowest BCUT2D eigenvalue weighted by Crippen LogP contribution is -2.35. The van der Waals surface area contributed by atoms with E-state index in [4.69, 9.17) is 14.2 Å². The van der Waals surface area contributed by atoms with Crippen LogP contribution in [0.3, 0.4) is 0 Å². The van der Waals surface area contributed by atoms with Gasteiger partial charge in [0, 0.05) is 25.7 Å². The highest BCUT2D eigenvalue weighted by Gasteiger charge is 2.25. The van der Waals surface area contributed by atoms with Gasteiger partial charge in [0.1, 0.15) is 28.8 Å². The highest BCUT2D eigenvalue weighted by atomic mass is 32.2. The summed E-state index contributed by atoms with van der Waals surface area (Å²) in [5.74, 6) is 1.03. The van der Waals surface area contributed by atoms with Gasteiger partial charge in [0.15, 0.2) is 0 Å². The van der Waals surface area contributed by atoms with Crippen molar-refractivity contribution in [3.63, 3.8) is 0 Å². The molecule has 176 valence electrons. The average Bonchev–Trinajstić information content (AvgIpc) is 2.82. The second-order valence-electron chi connectivity index (χ2n) is 7.20. The number of hydrogen-bond donors (Lipinski definition) is 1. The van der Waals surface area contributed by atoms with Gasteiger partial charge in [0.2, 0.25) is 20.0 Å². The molecular weight excluding hydrogens is 456 g/mol. The molecule has 3 rings (SSSR count). The van der Waals surface area contributed by atoms with Crippen LogP contribution in [-0.2, 0) is 20.0 Å². The Kier molecular flexibility index (Phi) is 7.99. The molecule has 1 fully saturated rings. The van der Waals surface area contributed by atoms with Crippen molar-refractivity contribution in [2.75, 3.05) is 40.5 Å². The third-order valence-corrected chi connectivity index (χ3v) is 8.49. The van der Waals surface area contributed by atoms with Crippen molar-refractivity contribution in [3.05, 3.63) is 42.5 Å². The summed E-state index contributed by atoms with van der Waals surface area (Å²) in [4.78, 5) is 0.184. The SMILES string of the molecule is COc1ccc(OC)c(S(=O)(=O)NCCOc2ccc(S(=O)(=O)N3CCCCC3)cc2)c1. The highest BCUT2D eigenvalue weighted by Crippen LogP contribution is 2.28. The minimum Gasteiger partial charge on any atom is -0.497 e. The van der Waals surface area contributed by atoms with Crippen LogP contribution in [-0.4, -0.2) is 61.6 Å². The minimum absolute atomic E-state index is 0.0104. The van der Waals surface area contributed by atoms with Crippen LogP contribution in [0.1, 0.15) is 19.3 Å². The molecule has 1 aliphatic rings. The maximum Gasteiger partial charge on any atom is 0.244 e. The van der Waals surface area contributed by atoms with Gasteiger partial charge in [0.25, 0.3) is 0 Å². The molecule has 0 amide bonds. The Hall–Kier alpha value is -2.34. The molecule has 9 nitrogen and oxygen atoms in total. The zero-order valence-electron chi connectivity index (χ0n) is 18.1. The van der Waals surface area contributed by atoms with Crippen LogP contribution in [0.2, 0.25) is 0 Å². The van der Waals surface area contributed by atoms with E-state index in [1.807, 2.05) is 0 Å². The summed E-state index contributed by atoms with van der Waals surface area (Å²) in [5.41, 5.74) is 0. The van der Waals surface area contributed by atoms with Gasteiger partial charge in [-0.15, -0.1) is 0 Å². The van der Waals surface area contributed by atoms with Gasteiger partial charge in [-0.1, -0.05) is 6.42 Å². The van der Waals surface area contributed by atoms with Gasteiger partial charge in [-0.3, -0.25) is 0 Å². The number of hydrogen-bond acceptors (Lipinski definition) is 7. The maximum absolute atomic E-state index is 12.7. The van der Waals surface area contributed by atoms with Gasteiger partial charge in [-0.05, 0) is 49.2 Å². The molecule has 0 aliphatic carbocycles. The number of rotatable bonds is 10. The average molecular weight is 485 g/mol. The smallest absolute Gasteiger partial charge is 0.244 e. The fourth-order valence-corrected chi connectivity index (χ4v) is 6.09. The third-order valence-electron chi connectivity index (χ3n) is 5.10. The zero-order chi connectivity index (χ0) is 23.2. The molecule has 0 bridgehead atoms. The fourth-order valence-electron chi connectivity index (χ4n) is 3.38. The maximum atomic E-state index is 12.7. The topological polar surface area (TPSA) is 111 Å². The standard InChI is InChI=1S/C21H28N2O7S2/c1-28-18-8-11-20(29-2)21(16-18)31(24,25)22-12-15-30-17-6-9-19(10-7-17)32(26,27)23-13-4-3-5-14-23/h6-11,16,22H,3-5,12-15H2,1-2H3. The number of benzene rings is 2. The summed E-state index contributed by atoms with van der Waals surface area (Å²) in [6, 6.07) is 10.6. The van der Waals surface area contributed by atoms with E-state index in [-0.39, 0.29) is 28.7 Å². The van der Waals surface area contributed by atoms with E-state index in [1.165, 1.54) is 42.8 Å². The number of piperidine rings is 1. The van der Waals surface area contributed by atoms with Crippen LogP contribution in [0.25, 0.3) is 0 Å². The normalized spacial score (nSPS) is 15.3. The molecule has 0 aromatic heterocycles. The Labute approximate surface area is 189 Å². The number of sulfonamides is 2. The summed E-state index contributed by atoms with van der Waals surface area (Å²) in [7, 11) is -4.52. The second kappa shape index (κ2) is 10.5. The van der Waals surface area contributed by atoms with E-state index in [9.17, 15) is 16.8 Å². The van der Waals surface area contributed by atoms with Crippen LogP contribution >= 0.6 is 0 Å². The molecular formula is C21H28N2O7S2. The first kappa shape index (κ1) is 24.3. The molecule has 1 saturated heterocycles. The number of ether oxygens (including phenoxy) is 3. The van der Waals surface area contributed by atoms with Crippen LogP contribution in [0, 0.1) is 0 Å². The third kappa shape index (κ3) is 5.71. The van der Waals surface area contributed by atoms with Crippen molar-refractivity contribution in [2.24, 2.45) is 0 Å². The Morgan fingerprint density at radius 1 is 0.875 bits per heavy atom. The largest absolute Gasteiger partial charge is 0.497 e. The van der Waals surface area contributed by atoms with E-state index < -0.39 is 20.0 Å². The first-order valence-electron chi connectivity index (χ1n) is 10.2. The Morgan fingerprint density at radius 2 is 1.53 bits per heavy atom. The number of methoxy groups -OCH3 is 2. The van der Waals surface area contributed by atoms with Crippen molar-refractivity contribution < 1.29 is 31.0 Å². The van der Waals surface area contributed by atoms with E-state index in [2.05, 4.69) is 4.72 Å². The van der Waals surface area contributed by atoms with E-state index in [1.54, 1.807) is 18.2 Å². The van der Waals surface area contributed by atoms with Crippen molar-refractivity contribution in [3.8, 4) is 17.2 Å². The Balaban J connectivity index is 1.57.